The Bertz CT molecular complexity index is 722. The van der Waals surface area contributed by atoms with E-state index < -0.39 is 6.10 Å². The molecule has 1 saturated carbocycles. The fourth-order valence-corrected chi connectivity index (χ4v) is 2.86. The molecule has 0 aliphatic heterocycles. The lowest BCUT2D eigenvalue weighted by molar-refractivity contribution is -0.122. The predicted octanol–water partition coefficient (Wildman–Crippen LogP) is 1.07. The number of nitrogens with two attached hydrogens (primary N) is 1. The highest BCUT2D eigenvalue weighted by Crippen LogP contribution is 2.27. The minimum absolute atomic E-state index is 0.131. The Morgan fingerprint density at radius 3 is 2.96 bits per heavy atom. The normalized spacial score (nSPS) is 24.4. The number of pyridine rings is 2. The number of carbonyl (C=O) groups is 1. The molecule has 0 radical (unpaired) electrons. The van der Waals surface area contributed by atoms with E-state index >= 15 is 0 Å². The molecule has 23 heavy (non-hydrogen) atoms. The number of anilines is 1. The van der Waals surface area contributed by atoms with Gasteiger partial charge in [0, 0.05) is 24.2 Å². The number of aliphatic hydroxyl groups is 1. The SMILES string of the molecule is COc1ccc2nccc(NC(=O)[C@@H]3CC[C@@H](N)[C@H](O)C3)c2n1. The first-order valence-electron chi connectivity index (χ1n) is 7.62. The summed E-state index contributed by atoms with van der Waals surface area (Å²) in [6.45, 7) is 0. The van der Waals surface area contributed by atoms with E-state index in [0.717, 1.165) is 0 Å². The molecular weight excluding hydrogens is 296 g/mol. The molecule has 1 amide bonds. The number of fused-ring (bicyclic) bond motifs is 1. The minimum Gasteiger partial charge on any atom is -0.481 e. The third-order valence-electron chi connectivity index (χ3n) is 4.26. The molecule has 4 N–H and O–H groups in total. The average molecular weight is 316 g/mol. The Balaban J connectivity index is 1.82. The van der Waals surface area contributed by atoms with Crippen LogP contribution in [0.2, 0.25) is 0 Å². The van der Waals surface area contributed by atoms with E-state index in [0.29, 0.717) is 41.9 Å². The second-order valence-corrected chi connectivity index (χ2v) is 5.81. The summed E-state index contributed by atoms with van der Waals surface area (Å²) in [6.07, 6.45) is 2.68. The number of hydrogen-bond acceptors (Lipinski definition) is 6. The molecule has 7 heteroatoms. The molecule has 0 unspecified atom stereocenters. The Hall–Kier alpha value is -2.25. The van der Waals surface area contributed by atoms with Gasteiger partial charge in [0.25, 0.3) is 0 Å². The lowest BCUT2D eigenvalue weighted by Gasteiger charge is -2.29. The zero-order valence-corrected chi connectivity index (χ0v) is 12.9. The van der Waals surface area contributed by atoms with Gasteiger partial charge >= 0.3 is 0 Å². The summed E-state index contributed by atoms with van der Waals surface area (Å²) in [7, 11) is 1.54. The Labute approximate surface area is 133 Å². The van der Waals surface area contributed by atoms with Crippen LogP contribution in [0.4, 0.5) is 5.69 Å². The van der Waals surface area contributed by atoms with Crippen LogP contribution in [0.1, 0.15) is 19.3 Å². The summed E-state index contributed by atoms with van der Waals surface area (Å²) in [5, 5.41) is 12.8. The average Bonchev–Trinajstić information content (AvgIpc) is 2.57. The number of rotatable bonds is 3. The molecule has 2 aromatic heterocycles. The number of amides is 1. The number of aliphatic hydroxyl groups excluding tert-OH is 1. The highest BCUT2D eigenvalue weighted by atomic mass is 16.5. The van der Waals surface area contributed by atoms with Crippen molar-refractivity contribution in [2.24, 2.45) is 11.7 Å². The molecule has 122 valence electrons. The van der Waals surface area contributed by atoms with Gasteiger partial charge in [-0.25, -0.2) is 4.98 Å². The number of nitrogens with one attached hydrogen (secondary N) is 1. The van der Waals surface area contributed by atoms with Gasteiger partial charge in [-0.15, -0.1) is 0 Å². The van der Waals surface area contributed by atoms with E-state index in [9.17, 15) is 9.90 Å². The summed E-state index contributed by atoms with van der Waals surface area (Å²) in [5.41, 5.74) is 7.62. The molecule has 1 aliphatic carbocycles. The molecule has 0 bridgehead atoms. The van der Waals surface area contributed by atoms with E-state index in [1.54, 1.807) is 24.4 Å². The Morgan fingerprint density at radius 1 is 1.39 bits per heavy atom. The number of carbonyl (C=O) groups excluding carboxylic acids is 1. The molecule has 1 aliphatic rings. The van der Waals surface area contributed by atoms with Crippen molar-refractivity contribution in [3.63, 3.8) is 0 Å². The van der Waals surface area contributed by atoms with E-state index in [-0.39, 0.29) is 17.9 Å². The Kier molecular flexibility index (Phi) is 4.40. The third-order valence-corrected chi connectivity index (χ3v) is 4.26. The van der Waals surface area contributed by atoms with E-state index in [1.165, 1.54) is 7.11 Å². The standard InChI is InChI=1S/C16H20N4O3/c1-23-14-5-4-11-15(20-14)12(6-7-18-11)19-16(22)9-2-3-10(17)13(21)8-9/h4-7,9-10,13,21H,2-3,8,17H2,1H3,(H,18,19,22)/t9-,10-,13-/m1/s1. The van der Waals surface area contributed by atoms with Gasteiger partial charge in [-0.2, -0.15) is 0 Å². The maximum absolute atomic E-state index is 12.5. The van der Waals surface area contributed by atoms with Crippen LogP contribution in [0.3, 0.4) is 0 Å². The van der Waals surface area contributed by atoms with Crippen molar-refractivity contribution in [3.8, 4) is 5.88 Å². The van der Waals surface area contributed by atoms with Crippen LogP contribution in [0.25, 0.3) is 11.0 Å². The van der Waals surface area contributed by atoms with Gasteiger partial charge in [-0.3, -0.25) is 9.78 Å². The predicted molar refractivity (Wildman–Crippen MR) is 86.0 cm³/mol. The zero-order valence-electron chi connectivity index (χ0n) is 12.9. The highest BCUT2D eigenvalue weighted by Gasteiger charge is 2.31. The number of methoxy groups -OCH3 is 1. The van der Waals surface area contributed by atoms with Crippen LogP contribution in [-0.4, -0.2) is 40.2 Å². The first-order chi connectivity index (χ1) is 11.1. The van der Waals surface area contributed by atoms with Crippen LogP contribution in [-0.2, 0) is 4.79 Å². The zero-order chi connectivity index (χ0) is 16.4. The van der Waals surface area contributed by atoms with Gasteiger partial charge in [0.15, 0.2) is 0 Å². The molecule has 3 atom stereocenters. The van der Waals surface area contributed by atoms with Crippen LogP contribution in [0, 0.1) is 5.92 Å². The van der Waals surface area contributed by atoms with Gasteiger partial charge in [-0.1, -0.05) is 0 Å². The van der Waals surface area contributed by atoms with Crippen molar-refractivity contribution in [2.45, 2.75) is 31.4 Å². The van der Waals surface area contributed by atoms with Crippen molar-refractivity contribution in [1.82, 2.24) is 9.97 Å². The lowest BCUT2D eigenvalue weighted by Crippen LogP contribution is -2.43. The van der Waals surface area contributed by atoms with Crippen LogP contribution >= 0.6 is 0 Å². The molecule has 2 aromatic rings. The van der Waals surface area contributed by atoms with Gasteiger partial charge in [0.2, 0.25) is 11.8 Å². The molecule has 7 nitrogen and oxygen atoms in total. The molecule has 3 rings (SSSR count). The van der Waals surface area contributed by atoms with Crippen molar-refractivity contribution >= 4 is 22.6 Å². The molecule has 0 saturated heterocycles. The highest BCUT2D eigenvalue weighted by molar-refractivity contribution is 6.00. The number of nitrogens with zero attached hydrogens (tertiary/aromatic N) is 2. The van der Waals surface area contributed by atoms with Crippen molar-refractivity contribution in [1.29, 1.82) is 0 Å². The monoisotopic (exact) mass is 316 g/mol. The second kappa shape index (κ2) is 6.47. The molecular formula is C16H20N4O3. The smallest absolute Gasteiger partial charge is 0.227 e. The van der Waals surface area contributed by atoms with Gasteiger partial charge < -0.3 is 20.9 Å². The van der Waals surface area contributed by atoms with Crippen molar-refractivity contribution < 1.29 is 14.6 Å². The Morgan fingerprint density at radius 2 is 2.22 bits per heavy atom. The molecule has 0 spiro atoms. The van der Waals surface area contributed by atoms with Crippen molar-refractivity contribution in [2.75, 3.05) is 12.4 Å². The first-order valence-corrected chi connectivity index (χ1v) is 7.62. The van der Waals surface area contributed by atoms with Crippen LogP contribution in [0.5, 0.6) is 5.88 Å². The fraction of sp³-hybridized carbons (Fsp3) is 0.438. The van der Waals surface area contributed by atoms with Gasteiger partial charge in [0.1, 0.15) is 5.52 Å². The van der Waals surface area contributed by atoms with Crippen molar-refractivity contribution in [3.05, 3.63) is 24.4 Å². The molecule has 2 heterocycles. The quantitative estimate of drug-likeness (QED) is 0.781. The number of aromatic nitrogens is 2. The summed E-state index contributed by atoms with van der Waals surface area (Å²) < 4.78 is 5.13. The van der Waals surface area contributed by atoms with Gasteiger partial charge in [-0.05, 0) is 31.4 Å². The van der Waals surface area contributed by atoms with Crippen LogP contribution < -0.4 is 15.8 Å². The maximum atomic E-state index is 12.5. The van der Waals surface area contributed by atoms with E-state index in [2.05, 4.69) is 15.3 Å². The first kappa shape index (κ1) is 15.6. The lowest BCUT2D eigenvalue weighted by atomic mass is 9.84. The number of hydrogen-bond donors (Lipinski definition) is 3. The summed E-state index contributed by atoms with van der Waals surface area (Å²) in [4.78, 5) is 21.1. The minimum atomic E-state index is -0.632. The largest absolute Gasteiger partial charge is 0.481 e. The second-order valence-electron chi connectivity index (χ2n) is 5.81. The topological polar surface area (TPSA) is 110 Å². The summed E-state index contributed by atoms with van der Waals surface area (Å²) >= 11 is 0. The summed E-state index contributed by atoms with van der Waals surface area (Å²) in [6, 6.07) is 4.98. The van der Waals surface area contributed by atoms with E-state index in [1.807, 2.05) is 0 Å². The third kappa shape index (κ3) is 3.25. The summed E-state index contributed by atoms with van der Waals surface area (Å²) in [5.74, 6) is 0.0757. The fourth-order valence-electron chi connectivity index (χ4n) is 2.86. The van der Waals surface area contributed by atoms with Gasteiger partial charge in [0.05, 0.1) is 24.4 Å². The number of ether oxygens (including phenoxy) is 1. The molecule has 0 aromatic carbocycles. The van der Waals surface area contributed by atoms with E-state index in [4.69, 9.17) is 10.5 Å². The maximum Gasteiger partial charge on any atom is 0.227 e. The van der Waals surface area contributed by atoms with Crippen LogP contribution in [0.15, 0.2) is 24.4 Å². The molecule has 1 fully saturated rings.